The van der Waals surface area contributed by atoms with Crippen LogP contribution in [-0.2, 0) is 13.0 Å². The number of para-hydroxylation sites is 4. The average Bonchev–Trinajstić information content (AvgIpc) is 3.83. The second kappa shape index (κ2) is 9.31. The Morgan fingerprint density at radius 1 is 0.511 bits per heavy atom. The maximum absolute atomic E-state index is 4.83. The fourth-order valence-electron chi connectivity index (χ4n) is 7.55. The third-order valence-corrected chi connectivity index (χ3v) is 9.48. The van der Waals surface area contributed by atoms with E-state index in [0.29, 0.717) is 0 Å². The summed E-state index contributed by atoms with van der Waals surface area (Å²) in [5, 5.41) is 14.6. The van der Waals surface area contributed by atoms with E-state index in [4.69, 9.17) is 10.3 Å². The molecule has 0 N–H and O–H groups in total. The molecule has 0 radical (unpaired) electrons. The van der Waals surface area contributed by atoms with Gasteiger partial charge in [0, 0.05) is 33.8 Å². The summed E-state index contributed by atoms with van der Waals surface area (Å²) < 4.78 is 9.24. The zero-order chi connectivity index (χ0) is 29.5. The Morgan fingerprint density at radius 3 is 1.87 bits per heavy atom. The van der Waals surface area contributed by atoms with E-state index in [9.17, 15) is 0 Å². The highest BCUT2D eigenvalue weighted by Gasteiger charge is 2.25. The third-order valence-electron chi connectivity index (χ3n) is 9.48. The van der Waals surface area contributed by atoms with Gasteiger partial charge in [0.15, 0.2) is 0 Å². The normalized spacial score (nSPS) is 13.1. The fraction of sp³-hybridized carbons (Fsp3) is 0.0769. The molecule has 0 saturated heterocycles. The Balaban J connectivity index is 1.14. The molecule has 0 spiro atoms. The van der Waals surface area contributed by atoms with Gasteiger partial charge in [-0.15, -0.1) is 5.10 Å². The van der Waals surface area contributed by atoms with E-state index in [2.05, 4.69) is 152 Å². The minimum Gasteiger partial charge on any atom is -0.325 e. The zero-order valence-electron chi connectivity index (χ0n) is 24.5. The van der Waals surface area contributed by atoms with Crippen molar-refractivity contribution < 1.29 is 0 Å². The van der Waals surface area contributed by atoms with E-state index < -0.39 is 0 Å². The van der Waals surface area contributed by atoms with Gasteiger partial charge in [-0.2, -0.15) is 0 Å². The average molecular weight is 581 g/mol. The van der Waals surface area contributed by atoms with Crippen LogP contribution in [-0.4, -0.2) is 28.7 Å². The third kappa shape index (κ3) is 3.45. The molecule has 0 fully saturated rings. The van der Waals surface area contributed by atoms with E-state index in [0.717, 1.165) is 47.8 Å². The molecule has 9 aromatic rings. The Morgan fingerprint density at radius 2 is 1.13 bits per heavy atom. The molecule has 214 valence electrons. The van der Waals surface area contributed by atoms with Crippen LogP contribution < -0.4 is 0 Å². The Labute approximate surface area is 259 Å². The molecular formula is C39H28N6. The summed E-state index contributed by atoms with van der Waals surface area (Å²) in [6, 6.07) is 47.8. The number of aromatic nitrogens is 6. The van der Waals surface area contributed by atoms with Gasteiger partial charge in [-0.3, -0.25) is 4.57 Å². The van der Waals surface area contributed by atoms with Crippen molar-refractivity contribution in [2.75, 3.05) is 0 Å². The maximum Gasteiger partial charge on any atom is 0.133 e. The molecule has 45 heavy (non-hydrogen) atoms. The second-order valence-corrected chi connectivity index (χ2v) is 11.9. The minimum atomic E-state index is 0.903. The summed E-state index contributed by atoms with van der Waals surface area (Å²) in [7, 11) is 0. The molecule has 0 bridgehead atoms. The Hall–Kier alpha value is -5.88. The summed E-state index contributed by atoms with van der Waals surface area (Å²) in [5.41, 5.74) is 10.3. The number of rotatable bonds is 3. The number of nitrogens with zero attached hydrogens (tertiary/aromatic N) is 6. The quantitative estimate of drug-likeness (QED) is 0.210. The molecule has 10 rings (SSSR count). The summed E-state index contributed by atoms with van der Waals surface area (Å²) in [6.45, 7) is 0.915. The molecule has 6 nitrogen and oxygen atoms in total. The number of benzene rings is 5. The smallest absolute Gasteiger partial charge is 0.133 e. The molecule has 1 aliphatic rings. The van der Waals surface area contributed by atoms with Gasteiger partial charge in [-0.25, -0.2) is 4.68 Å². The van der Waals surface area contributed by atoms with E-state index >= 15 is 0 Å². The predicted octanol–water partition coefficient (Wildman–Crippen LogP) is 8.88. The molecular weight excluding hydrogens is 552 g/mol. The van der Waals surface area contributed by atoms with Gasteiger partial charge in [-0.1, -0.05) is 78.0 Å². The standard InChI is InChI=1S/C39H28N6/c1-2-11-26(12-3-1)43-32-16-7-6-15-30(32)31-25-27(20-21-35(31)43)45-37-19-10-24-42-36(39(37)40-41-45)22-23-38(42)44-33-17-8-4-13-28(33)29-14-5-9-18-34(29)44/h1-9,11-18,20-23,25H,10,19,24H2. The van der Waals surface area contributed by atoms with Crippen molar-refractivity contribution in [2.24, 2.45) is 0 Å². The molecule has 4 aromatic heterocycles. The van der Waals surface area contributed by atoms with Gasteiger partial charge in [0.25, 0.3) is 0 Å². The molecule has 0 saturated carbocycles. The lowest BCUT2D eigenvalue weighted by Crippen LogP contribution is -2.07. The van der Waals surface area contributed by atoms with Crippen LogP contribution in [0.1, 0.15) is 12.1 Å². The highest BCUT2D eigenvalue weighted by Crippen LogP contribution is 2.38. The van der Waals surface area contributed by atoms with Crippen molar-refractivity contribution >= 4 is 43.6 Å². The second-order valence-electron chi connectivity index (χ2n) is 11.9. The maximum atomic E-state index is 4.83. The molecule has 5 heterocycles. The van der Waals surface area contributed by atoms with Gasteiger partial charge in [0.2, 0.25) is 0 Å². The van der Waals surface area contributed by atoms with Crippen LogP contribution in [0, 0.1) is 0 Å². The van der Waals surface area contributed by atoms with Crippen LogP contribution in [0.15, 0.2) is 133 Å². The SMILES string of the molecule is c1ccc(-n2c3ccccc3c3cc(-n4nnc5c4CCCn4c-5ccc4-n4c5ccccc5c5ccccc54)ccc32)cc1. The molecule has 0 aliphatic carbocycles. The van der Waals surface area contributed by atoms with Crippen molar-refractivity contribution in [1.82, 2.24) is 28.7 Å². The molecule has 0 unspecified atom stereocenters. The summed E-state index contributed by atoms with van der Waals surface area (Å²) in [5.74, 6) is 1.17. The van der Waals surface area contributed by atoms with E-state index in [1.54, 1.807) is 0 Å². The highest BCUT2D eigenvalue weighted by molar-refractivity contribution is 6.10. The number of hydrogen-bond acceptors (Lipinski definition) is 2. The molecule has 5 aromatic carbocycles. The van der Waals surface area contributed by atoms with Gasteiger partial charge in [0.1, 0.15) is 11.5 Å². The van der Waals surface area contributed by atoms with Crippen molar-refractivity contribution in [1.29, 1.82) is 0 Å². The van der Waals surface area contributed by atoms with Crippen LogP contribution >= 0.6 is 0 Å². The first-order chi connectivity index (χ1) is 22.3. The number of fused-ring (bicyclic) bond motifs is 9. The van der Waals surface area contributed by atoms with Crippen molar-refractivity contribution in [2.45, 2.75) is 19.4 Å². The summed E-state index contributed by atoms with van der Waals surface area (Å²) >= 11 is 0. The van der Waals surface area contributed by atoms with Crippen LogP contribution in [0.5, 0.6) is 0 Å². The van der Waals surface area contributed by atoms with Gasteiger partial charge in [-0.05, 0) is 73.5 Å². The molecule has 1 aliphatic heterocycles. The topological polar surface area (TPSA) is 45.5 Å². The Bertz CT molecular complexity index is 2520. The monoisotopic (exact) mass is 580 g/mol. The molecule has 0 amide bonds. The lowest BCUT2D eigenvalue weighted by atomic mass is 10.1. The molecule has 0 atom stereocenters. The largest absolute Gasteiger partial charge is 0.325 e. The van der Waals surface area contributed by atoms with E-state index in [1.165, 1.54) is 49.4 Å². The van der Waals surface area contributed by atoms with E-state index in [1.807, 2.05) is 0 Å². The highest BCUT2D eigenvalue weighted by atomic mass is 15.4. The van der Waals surface area contributed by atoms with Crippen LogP contribution in [0.2, 0.25) is 0 Å². The lowest BCUT2D eigenvalue weighted by Gasteiger charge is -2.13. The zero-order valence-corrected chi connectivity index (χ0v) is 24.5. The van der Waals surface area contributed by atoms with Crippen LogP contribution in [0.25, 0.3) is 72.2 Å². The van der Waals surface area contributed by atoms with Crippen molar-refractivity contribution in [3.05, 3.63) is 139 Å². The van der Waals surface area contributed by atoms with Gasteiger partial charge < -0.3 is 9.13 Å². The molecule has 6 heteroatoms. The fourth-order valence-corrected chi connectivity index (χ4v) is 7.55. The van der Waals surface area contributed by atoms with Gasteiger partial charge in [0.05, 0.1) is 39.1 Å². The summed E-state index contributed by atoms with van der Waals surface area (Å²) in [4.78, 5) is 0. The predicted molar refractivity (Wildman–Crippen MR) is 182 cm³/mol. The first-order valence-corrected chi connectivity index (χ1v) is 15.6. The minimum absolute atomic E-state index is 0.903. The lowest BCUT2D eigenvalue weighted by molar-refractivity contribution is 0.632. The van der Waals surface area contributed by atoms with Crippen molar-refractivity contribution in [3.8, 4) is 28.6 Å². The van der Waals surface area contributed by atoms with Gasteiger partial charge >= 0.3 is 0 Å². The van der Waals surface area contributed by atoms with E-state index in [-0.39, 0.29) is 0 Å². The first kappa shape index (κ1) is 24.6. The van der Waals surface area contributed by atoms with Crippen LogP contribution in [0.4, 0.5) is 0 Å². The van der Waals surface area contributed by atoms with Crippen LogP contribution in [0.3, 0.4) is 0 Å². The number of hydrogen-bond donors (Lipinski definition) is 0. The summed E-state index contributed by atoms with van der Waals surface area (Å²) in [6.07, 6.45) is 1.90. The Kier molecular flexibility index (Phi) is 5.08. The van der Waals surface area contributed by atoms with Crippen molar-refractivity contribution in [3.63, 3.8) is 0 Å². The first-order valence-electron chi connectivity index (χ1n) is 15.6.